The number of carbonyl (C=O) groups is 1. The van der Waals surface area contributed by atoms with E-state index in [1.165, 1.54) is 12.1 Å². The van der Waals surface area contributed by atoms with Gasteiger partial charge in [-0.25, -0.2) is 4.39 Å². The summed E-state index contributed by atoms with van der Waals surface area (Å²) in [6, 6.07) is 10.9. The molecule has 1 N–H and O–H groups in total. The number of para-hydroxylation sites is 1. The van der Waals surface area contributed by atoms with Crippen LogP contribution in [0.2, 0.25) is 0 Å². The van der Waals surface area contributed by atoms with Crippen molar-refractivity contribution in [1.29, 1.82) is 0 Å². The Morgan fingerprint density at radius 1 is 1.19 bits per heavy atom. The minimum Gasteiger partial charge on any atom is -0.488 e. The lowest BCUT2D eigenvalue weighted by molar-refractivity contribution is -0.00295. The second-order valence-corrected chi connectivity index (χ2v) is 6.29. The van der Waals surface area contributed by atoms with Crippen molar-refractivity contribution in [3.8, 4) is 5.75 Å². The van der Waals surface area contributed by atoms with Gasteiger partial charge < -0.3 is 14.8 Å². The normalized spacial score (nSPS) is 19.6. The fraction of sp³-hybridized carbons (Fsp3) is 0.250. The molecule has 0 aliphatic carbocycles. The quantitative estimate of drug-likeness (QED) is 0.768. The van der Waals surface area contributed by atoms with Crippen LogP contribution in [0, 0.1) is 5.82 Å². The molecule has 2 atom stereocenters. The average molecular weight is 367 g/mol. The number of amides is 1. The summed E-state index contributed by atoms with van der Waals surface area (Å²) in [5.41, 5.74) is 1.63. The SMILES string of the molecule is O=C(N[C@@H]1COCC[C@@H]1Oc1cccc(F)c1)c1cccc2nccnc12. The van der Waals surface area contributed by atoms with Gasteiger partial charge in [0.15, 0.2) is 0 Å². The van der Waals surface area contributed by atoms with E-state index < -0.39 is 0 Å². The van der Waals surface area contributed by atoms with E-state index in [9.17, 15) is 9.18 Å². The summed E-state index contributed by atoms with van der Waals surface area (Å²) in [5, 5.41) is 2.96. The summed E-state index contributed by atoms with van der Waals surface area (Å²) in [7, 11) is 0. The Bertz CT molecular complexity index is 961. The van der Waals surface area contributed by atoms with Gasteiger partial charge in [0.25, 0.3) is 5.91 Å². The third-order valence-electron chi connectivity index (χ3n) is 4.44. The van der Waals surface area contributed by atoms with E-state index in [1.54, 1.807) is 42.7 Å². The van der Waals surface area contributed by atoms with Crippen molar-refractivity contribution < 1.29 is 18.7 Å². The number of aromatic nitrogens is 2. The summed E-state index contributed by atoms with van der Waals surface area (Å²) in [6.45, 7) is 0.842. The first-order valence-electron chi connectivity index (χ1n) is 8.71. The van der Waals surface area contributed by atoms with Crippen LogP contribution in [0.1, 0.15) is 16.8 Å². The summed E-state index contributed by atoms with van der Waals surface area (Å²) in [6.07, 6.45) is 3.42. The molecular weight excluding hydrogens is 349 g/mol. The van der Waals surface area contributed by atoms with Gasteiger partial charge in [-0.3, -0.25) is 14.8 Å². The molecule has 6 nitrogen and oxygen atoms in total. The largest absolute Gasteiger partial charge is 0.488 e. The van der Waals surface area contributed by atoms with Gasteiger partial charge >= 0.3 is 0 Å². The van der Waals surface area contributed by atoms with Gasteiger partial charge in [-0.05, 0) is 24.3 Å². The van der Waals surface area contributed by atoms with Crippen LogP contribution in [-0.2, 0) is 4.74 Å². The molecule has 1 aromatic heterocycles. The first-order valence-corrected chi connectivity index (χ1v) is 8.71. The van der Waals surface area contributed by atoms with E-state index in [1.807, 2.05) is 0 Å². The molecule has 138 valence electrons. The van der Waals surface area contributed by atoms with Gasteiger partial charge in [0, 0.05) is 24.9 Å². The van der Waals surface area contributed by atoms with Crippen molar-refractivity contribution in [1.82, 2.24) is 15.3 Å². The molecule has 1 fully saturated rings. The zero-order chi connectivity index (χ0) is 18.6. The molecule has 4 rings (SSSR count). The number of carbonyl (C=O) groups excluding carboxylic acids is 1. The Morgan fingerprint density at radius 2 is 2.04 bits per heavy atom. The summed E-state index contributed by atoms with van der Waals surface area (Å²) in [5.74, 6) is -0.212. The molecule has 2 heterocycles. The molecule has 1 aliphatic rings. The Morgan fingerprint density at radius 3 is 2.93 bits per heavy atom. The van der Waals surface area contributed by atoms with E-state index in [0.717, 1.165) is 0 Å². The number of halogens is 1. The van der Waals surface area contributed by atoms with E-state index in [4.69, 9.17) is 9.47 Å². The van der Waals surface area contributed by atoms with Crippen LogP contribution in [0.3, 0.4) is 0 Å². The van der Waals surface area contributed by atoms with Crippen LogP contribution < -0.4 is 10.1 Å². The van der Waals surface area contributed by atoms with E-state index in [-0.39, 0.29) is 23.9 Å². The van der Waals surface area contributed by atoms with Gasteiger partial charge in [0.1, 0.15) is 23.2 Å². The van der Waals surface area contributed by atoms with Crippen LogP contribution in [0.5, 0.6) is 5.75 Å². The number of hydrogen-bond acceptors (Lipinski definition) is 5. The Labute approximate surface area is 155 Å². The van der Waals surface area contributed by atoms with Gasteiger partial charge in [-0.1, -0.05) is 12.1 Å². The topological polar surface area (TPSA) is 73.3 Å². The molecule has 7 heteroatoms. The van der Waals surface area contributed by atoms with Crippen LogP contribution in [0.25, 0.3) is 11.0 Å². The highest BCUT2D eigenvalue weighted by Crippen LogP contribution is 2.20. The van der Waals surface area contributed by atoms with Crippen molar-refractivity contribution in [3.05, 3.63) is 66.2 Å². The highest BCUT2D eigenvalue weighted by Gasteiger charge is 2.30. The molecule has 2 aromatic carbocycles. The molecule has 27 heavy (non-hydrogen) atoms. The van der Waals surface area contributed by atoms with Gasteiger partial charge in [-0.15, -0.1) is 0 Å². The number of nitrogens with one attached hydrogen (secondary N) is 1. The van der Waals surface area contributed by atoms with Crippen LogP contribution in [0.15, 0.2) is 54.9 Å². The Hall–Kier alpha value is -3.06. The maximum atomic E-state index is 13.4. The number of fused-ring (bicyclic) bond motifs is 1. The van der Waals surface area contributed by atoms with Crippen LogP contribution >= 0.6 is 0 Å². The lowest BCUT2D eigenvalue weighted by Crippen LogP contribution is -2.51. The van der Waals surface area contributed by atoms with E-state index >= 15 is 0 Å². The van der Waals surface area contributed by atoms with Gasteiger partial charge in [0.2, 0.25) is 0 Å². The zero-order valence-corrected chi connectivity index (χ0v) is 14.5. The zero-order valence-electron chi connectivity index (χ0n) is 14.5. The first kappa shape index (κ1) is 17.4. The highest BCUT2D eigenvalue weighted by atomic mass is 19.1. The number of benzene rings is 2. The molecule has 0 spiro atoms. The molecule has 0 bridgehead atoms. The lowest BCUT2D eigenvalue weighted by Gasteiger charge is -2.32. The van der Waals surface area contributed by atoms with Crippen molar-refractivity contribution in [2.45, 2.75) is 18.6 Å². The van der Waals surface area contributed by atoms with Crippen molar-refractivity contribution in [2.24, 2.45) is 0 Å². The number of rotatable bonds is 4. The molecule has 0 unspecified atom stereocenters. The van der Waals surface area contributed by atoms with Gasteiger partial charge in [-0.2, -0.15) is 0 Å². The van der Waals surface area contributed by atoms with E-state index in [0.29, 0.717) is 42.0 Å². The number of hydrogen-bond donors (Lipinski definition) is 1. The number of nitrogens with zero attached hydrogens (tertiary/aromatic N) is 2. The van der Waals surface area contributed by atoms with Gasteiger partial charge in [0.05, 0.1) is 30.3 Å². The molecule has 1 amide bonds. The third-order valence-corrected chi connectivity index (χ3v) is 4.44. The lowest BCUT2D eigenvalue weighted by atomic mass is 10.0. The minimum absolute atomic E-state index is 0.274. The van der Waals surface area contributed by atoms with Crippen LogP contribution in [0.4, 0.5) is 4.39 Å². The third kappa shape index (κ3) is 3.88. The fourth-order valence-electron chi connectivity index (χ4n) is 3.13. The molecule has 0 radical (unpaired) electrons. The molecular formula is C20H18FN3O3. The average Bonchev–Trinajstić information content (AvgIpc) is 2.69. The Balaban J connectivity index is 1.53. The summed E-state index contributed by atoms with van der Waals surface area (Å²) < 4.78 is 24.8. The Kier molecular flexibility index (Phi) is 4.93. The molecule has 3 aromatic rings. The second kappa shape index (κ2) is 7.67. The van der Waals surface area contributed by atoms with Crippen molar-refractivity contribution in [2.75, 3.05) is 13.2 Å². The predicted octanol–water partition coefficient (Wildman–Crippen LogP) is 2.74. The standard InChI is InChI=1S/C20H18FN3O3/c21-13-3-1-4-14(11-13)27-18-7-10-26-12-17(18)24-20(25)15-5-2-6-16-19(15)23-9-8-22-16/h1-6,8-9,11,17-18H,7,10,12H2,(H,24,25)/t17-,18+/m1/s1. The molecule has 0 saturated carbocycles. The highest BCUT2D eigenvalue weighted by molar-refractivity contribution is 6.04. The van der Waals surface area contributed by atoms with Crippen LogP contribution in [-0.4, -0.2) is 41.2 Å². The smallest absolute Gasteiger partial charge is 0.253 e. The van der Waals surface area contributed by atoms with Crippen molar-refractivity contribution >= 4 is 16.9 Å². The maximum absolute atomic E-state index is 13.4. The molecule has 1 aliphatic heterocycles. The minimum atomic E-state index is -0.366. The first-order chi connectivity index (χ1) is 13.2. The summed E-state index contributed by atoms with van der Waals surface area (Å²) >= 11 is 0. The van der Waals surface area contributed by atoms with E-state index in [2.05, 4.69) is 15.3 Å². The second-order valence-electron chi connectivity index (χ2n) is 6.29. The maximum Gasteiger partial charge on any atom is 0.253 e. The summed E-state index contributed by atoms with van der Waals surface area (Å²) in [4.78, 5) is 21.3. The fourth-order valence-corrected chi connectivity index (χ4v) is 3.13. The van der Waals surface area contributed by atoms with Crippen molar-refractivity contribution in [3.63, 3.8) is 0 Å². The predicted molar refractivity (Wildman–Crippen MR) is 97.0 cm³/mol. The number of ether oxygens (including phenoxy) is 2. The monoisotopic (exact) mass is 367 g/mol. The molecule has 1 saturated heterocycles.